The largest absolute Gasteiger partial charge is 0.456 e. The molecular formula is C20H27N3O4. The molecule has 0 bridgehead atoms. The molecule has 0 saturated carbocycles. The van der Waals surface area contributed by atoms with E-state index >= 15 is 0 Å². The molecule has 0 atom stereocenters. The Morgan fingerprint density at radius 2 is 1.96 bits per heavy atom. The molecule has 146 valence electrons. The van der Waals surface area contributed by atoms with Crippen LogP contribution in [0, 0.1) is 0 Å². The molecule has 1 aromatic carbocycles. The molecule has 1 heterocycles. The Labute approximate surface area is 158 Å². The second kappa shape index (κ2) is 10.4. The first-order valence-corrected chi connectivity index (χ1v) is 9.47. The lowest BCUT2D eigenvalue weighted by Crippen LogP contribution is -2.29. The minimum atomic E-state index is -0.517. The topological polar surface area (TPSA) is 90.3 Å². The van der Waals surface area contributed by atoms with E-state index in [-0.39, 0.29) is 30.9 Å². The van der Waals surface area contributed by atoms with Crippen LogP contribution in [-0.4, -0.2) is 34.6 Å². The fourth-order valence-corrected chi connectivity index (χ4v) is 2.70. The van der Waals surface area contributed by atoms with Crippen LogP contribution in [0.4, 0.5) is 0 Å². The molecule has 1 amide bonds. The van der Waals surface area contributed by atoms with Gasteiger partial charge >= 0.3 is 5.97 Å². The third-order valence-corrected chi connectivity index (χ3v) is 4.16. The van der Waals surface area contributed by atoms with E-state index in [9.17, 15) is 14.4 Å². The zero-order valence-corrected chi connectivity index (χ0v) is 16.0. The molecule has 0 aliphatic carbocycles. The maximum atomic E-state index is 12.8. The van der Waals surface area contributed by atoms with Crippen molar-refractivity contribution in [1.82, 2.24) is 14.9 Å². The lowest BCUT2D eigenvalue weighted by Gasteiger charge is -2.12. The van der Waals surface area contributed by atoms with Crippen molar-refractivity contribution in [3.63, 3.8) is 0 Å². The highest BCUT2D eigenvalue weighted by molar-refractivity contribution is 5.80. The molecule has 1 aromatic heterocycles. The average Bonchev–Trinajstić information content (AvgIpc) is 2.68. The number of benzene rings is 1. The van der Waals surface area contributed by atoms with Gasteiger partial charge in [-0.1, -0.05) is 32.4 Å². The molecule has 2 aromatic rings. The number of nitrogens with one attached hydrogen (secondary N) is 1. The van der Waals surface area contributed by atoms with Crippen LogP contribution in [-0.2, 0) is 27.3 Å². The first-order valence-electron chi connectivity index (χ1n) is 9.47. The molecule has 0 aliphatic rings. The maximum absolute atomic E-state index is 12.8. The highest BCUT2D eigenvalue weighted by Gasteiger charge is 2.13. The summed E-state index contributed by atoms with van der Waals surface area (Å²) in [6.07, 6.45) is 2.88. The van der Waals surface area contributed by atoms with Crippen molar-refractivity contribution < 1.29 is 14.3 Å². The summed E-state index contributed by atoms with van der Waals surface area (Å²) in [7, 11) is 0. The van der Waals surface area contributed by atoms with Gasteiger partial charge in [0.2, 0.25) is 0 Å². The normalized spacial score (nSPS) is 10.7. The van der Waals surface area contributed by atoms with Crippen LogP contribution >= 0.6 is 0 Å². The number of carbonyl (C=O) groups is 2. The quantitative estimate of drug-likeness (QED) is 0.645. The Morgan fingerprint density at radius 1 is 1.19 bits per heavy atom. The number of carbonyl (C=O) groups excluding carboxylic acids is 2. The van der Waals surface area contributed by atoms with Gasteiger partial charge < -0.3 is 14.6 Å². The fourth-order valence-electron chi connectivity index (χ4n) is 2.70. The highest BCUT2D eigenvalue weighted by atomic mass is 16.5. The van der Waals surface area contributed by atoms with Crippen LogP contribution < -0.4 is 10.9 Å². The van der Waals surface area contributed by atoms with Crippen LogP contribution in [0.15, 0.2) is 29.1 Å². The number of rotatable bonds is 10. The number of hydrogen-bond donors (Lipinski definition) is 1. The zero-order chi connectivity index (χ0) is 19.6. The smallest absolute Gasteiger partial charge is 0.306 e. The van der Waals surface area contributed by atoms with Crippen molar-refractivity contribution in [2.45, 2.75) is 52.5 Å². The average molecular weight is 373 g/mol. The number of unbranched alkanes of at least 4 members (excludes halogenated alkanes) is 1. The van der Waals surface area contributed by atoms with Crippen molar-refractivity contribution in [1.29, 1.82) is 0 Å². The Bertz CT molecular complexity index is 845. The van der Waals surface area contributed by atoms with E-state index in [0.29, 0.717) is 18.8 Å². The molecule has 0 unspecified atom stereocenters. The first kappa shape index (κ1) is 20.6. The van der Waals surface area contributed by atoms with Crippen LogP contribution in [0.1, 0.15) is 45.2 Å². The van der Waals surface area contributed by atoms with Crippen LogP contribution in [0.25, 0.3) is 11.0 Å². The lowest BCUT2D eigenvalue weighted by atomic mass is 10.2. The molecule has 0 radical (unpaired) electrons. The van der Waals surface area contributed by atoms with Gasteiger partial charge in [0.1, 0.15) is 5.69 Å². The molecule has 0 aliphatic heterocycles. The van der Waals surface area contributed by atoms with E-state index in [1.807, 2.05) is 31.2 Å². The number of ether oxygens (including phenoxy) is 1. The summed E-state index contributed by atoms with van der Waals surface area (Å²) < 4.78 is 6.68. The van der Waals surface area contributed by atoms with Gasteiger partial charge in [-0.05, 0) is 25.0 Å². The van der Waals surface area contributed by atoms with E-state index in [4.69, 9.17) is 4.74 Å². The van der Waals surface area contributed by atoms with Crippen molar-refractivity contribution >= 4 is 22.9 Å². The van der Waals surface area contributed by atoms with E-state index < -0.39 is 5.97 Å². The summed E-state index contributed by atoms with van der Waals surface area (Å²) >= 11 is 0. The van der Waals surface area contributed by atoms with Crippen LogP contribution in [0.3, 0.4) is 0 Å². The summed E-state index contributed by atoms with van der Waals surface area (Å²) in [5, 5.41) is 2.64. The highest BCUT2D eigenvalue weighted by Crippen LogP contribution is 2.12. The minimum absolute atomic E-state index is 0.00934. The summed E-state index contributed by atoms with van der Waals surface area (Å²) in [4.78, 5) is 40.6. The van der Waals surface area contributed by atoms with Crippen molar-refractivity contribution in [3.05, 3.63) is 40.3 Å². The number of hydrogen-bond acceptors (Lipinski definition) is 5. The summed E-state index contributed by atoms with van der Waals surface area (Å²) in [6.45, 7) is 4.88. The lowest BCUT2D eigenvalue weighted by molar-refractivity contribution is -0.148. The summed E-state index contributed by atoms with van der Waals surface area (Å²) in [6, 6.07) is 7.49. The van der Waals surface area contributed by atoms with E-state index in [0.717, 1.165) is 30.3 Å². The van der Waals surface area contributed by atoms with Gasteiger partial charge in [0.15, 0.2) is 6.61 Å². The summed E-state index contributed by atoms with van der Waals surface area (Å²) in [5.74, 6) is -0.841. The molecule has 7 nitrogen and oxygen atoms in total. The number of fused-ring (bicyclic) bond motifs is 1. The van der Waals surface area contributed by atoms with Gasteiger partial charge in [-0.3, -0.25) is 14.4 Å². The van der Waals surface area contributed by atoms with Gasteiger partial charge in [-0.15, -0.1) is 0 Å². The maximum Gasteiger partial charge on any atom is 0.306 e. The Balaban J connectivity index is 2.05. The molecule has 7 heteroatoms. The summed E-state index contributed by atoms with van der Waals surface area (Å²) in [5.41, 5.74) is 1.71. The van der Waals surface area contributed by atoms with Crippen molar-refractivity contribution in [3.8, 4) is 0 Å². The van der Waals surface area contributed by atoms with Crippen LogP contribution in [0.5, 0.6) is 0 Å². The van der Waals surface area contributed by atoms with Crippen molar-refractivity contribution in [2.75, 3.05) is 13.2 Å². The standard InChI is InChI=1S/C20H27N3O4/c1-3-5-13-23-17-9-7-6-8-15(17)22-16(20(23)26)10-11-19(25)27-14-18(24)21-12-4-2/h6-9H,3-5,10-14H2,1-2H3,(H,21,24). The number of amides is 1. The van der Waals surface area contributed by atoms with Gasteiger partial charge in [-0.25, -0.2) is 4.98 Å². The second-order valence-corrected chi connectivity index (χ2v) is 6.37. The van der Waals surface area contributed by atoms with Gasteiger partial charge in [0.05, 0.1) is 17.5 Å². The van der Waals surface area contributed by atoms with E-state index in [1.54, 1.807) is 4.57 Å². The van der Waals surface area contributed by atoms with Gasteiger partial charge in [0.25, 0.3) is 11.5 Å². The third-order valence-electron chi connectivity index (χ3n) is 4.16. The molecular weight excluding hydrogens is 346 g/mol. The molecule has 27 heavy (non-hydrogen) atoms. The Morgan fingerprint density at radius 3 is 2.70 bits per heavy atom. The number of para-hydroxylation sites is 2. The number of esters is 1. The van der Waals surface area contributed by atoms with Crippen LogP contribution in [0.2, 0.25) is 0 Å². The monoisotopic (exact) mass is 373 g/mol. The molecule has 1 N–H and O–H groups in total. The Kier molecular flexibility index (Phi) is 7.98. The third kappa shape index (κ3) is 5.91. The molecule has 2 rings (SSSR count). The number of aryl methyl sites for hydroxylation is 2. The second-order valence-electron chi connectivity index (χ2n) is 6.37. The zero-order valence-electron chi connectivity index (χ0n) is 16.0. The molecule has 0 fully saturated rings. The molecule has 0 spiro atoms. The molecule has 0 saturated heterocycles. The fraction of sp³-hybridized carbons (Fsp3) is 0.500. The first-order chi connectivity index (χ1) is 13.1. The van der Waals surface area contributed by atoms with Crippen molar-refractivity contribution in [2.24, 2.45) is 0 Å². The SMILES string of the molecule is CCCCn1c(=O)c(CCC(=O)OCC(=O)NCCC)nc2ccccc21. The predicted octanol–water partition coefficient (Wildman–Crippen LogP) is 2.20. The van der Waals surface area contributed by atoms with Gasteiger partial charge in [-0.2, -0.15) is 0 Å². The van der Waals surface area contributed by atoms with Gasteiger partial charge in [0, 0.05) is 19.5 Å². The van der Waals surface area contributed by atoms with E-state index in [2.05, 4.69) is 17.2 Å². The predicted molar refractivity (Wildman–Crippen MR) is 103 cm³/mol. The number of aromatic nitrogens is 2. The van der Waals surface area contributed by atoms with E-state index in [1.165, 1.54) is 0 Å². The Hall–Kier alpha value is -2.70. The minimum Gasteiger partial charge on any atom is -0.456 e. The number of nitrogens with zero attached hydrogens (tertiary/aromatic N) is 2.